The zero-order valence-electron chi connectivity index (χ0n) is 12.3. The van der Waals surface area contributed by atoms with Crippen molar-refractivity contribution in [2.24, 2.45) is 7.05 Å². The summed E-state index contributed by atoms with van der Waals surface area (Å²) in [6.45, 7) is 2.02. The Morgan fingerprint density at radius 1 is 1.24 bits per heavy atom. The molecular formula is C16H17FN4. The Bertz CT molecular complexity index is 794. The van der Waals surface area contributed by atoms with E-state index < -0.39 is 0 Å². The van der Waals surface area contributed by atoms with E-state index in [2.05, 4.69) is 9.97 Å². The summed E-state index contributed by atoms with van der Waals surface area (Å²) in [4.78, 5) is 10.7. The normalized spacial score (nSPS) is 11.0. The summed E-state index contributed by atoms with van der Waals surface area (Å²) in [5.74, 6) is 0.603. The maximum Gasteiger partial charge on any atom is 0.134 e. The number of aromatic nitrogens is 3. The zero-order chi connectivity index (χ0) is 15.0. The standard InChI is InChI=1S/C16H17FN4/c1-4-11-7-12(17)5-6-14(11)21(3)16-8-15-13(9-18-16)19-10-20(15)2/h5-10H,4H2,1-3H3. The van der Waals surface area contributed by atoms with Gasteiger partial charge in [0, 0.05) is 25.8 Å². The number of fused-ring (bicyclic) bond motifs is 1. The molecule has 0 radical (unpaired) electrons. The molecule has 0 amide bonds. The van der Waals surface area contributed by atoms with Gasteiger partial charge in [-0.3, -0.25) is 0 Å². The van der Waals surface area contributed by atoms with Crippen LogP contribution in [0.25, 0.3) is 11.0 Å². The van der Waals surface area contributed by atoms with Crippen molar-refractivity contribution in [3.8, 4) is 0 Å². The van der Waals surface area contributed by atoms with Gasteiger partial charge in [-0.05, 0) is 30.2 Å². The van der Waals surface area contributed by atoms with Crippen LogP contribution in [0.15, 0.2) is 36.8 Å². The molecule has 3 aromatic rings. The van der Waals surface area contributed by atoms with Crippen molar-refractivity contribution in [2.45, 2.75) is 13.3 Å². The molecule has 0 aliphatic carbocycles. The molecule has 2 aromatic heterocycles. The number of hydrogen-bond donors (Lipinski definition) is 0. The monoisotopic (exact) mass is 284 g/mol. The zero-order valence-corrected chi connectivity index (χ0v) is 12.3. The van der Waals surface area contributed by atoms with Crippen LogP contribution >= 0.6 is 0 Å². The van der Waals surface area contributed by atoms with E-state index in [4.69, 9.17) is 0 Å². The van der Waals surface area contributed by atoms with Crippen LogP contribution in [0.3, 0.4) is 0 Å². The highest BCUT2D eigenvalue weighted by atomic mass is 19.1. The van der Waals surface area contributed by atoms with Gasteiger partial charge in [0.2, 0.25) is 0 Å². The van der Waals surface area contributed by atoms with Crippen molar-refractivity contribution in [1.29, 1.82) is 0 Å². The van der Waals surface area contributed by atoms with Gasteiger partial charge in [-0.2, -0.15) is 0 Å². The maximum absolute atomic E-state index is 13.4. The molecule has 4 nitrogen and oxygen atoms in total. The maximum atomic E-state index is 13.4. The molecule has 0 saturated carbocycles. The molecule has 108 valence electrons. The third-order valence-corrected chi connectivity index (χ3v) is 3.72. The van der Waals surface area contributed by atoms with Gasteiger partial charge in [-0.25, -0.2) is 14.4 Å². The second kappa shape index (κ2) is 5.16. The summed E-state index contributed by atoms with van der Waals surface area (Å²) in [6, 6.07) is 6.84. The lowest BCUT2D eigenvalue weighted by atomic mass is 10.1. The average Bonchev–Trinajstić information content (AvgIpc) is 2.87. The highest BCUT2D eigenvalue weighted by Gasteiger charge is 2.12. The van der Waals surface area contributed by atoms with E-state index in [1.165, 1.54) is 6.07 Å². The minimum atomic E-state index is -0.209. The summed E-state index contributed by atoms with van der Waals surface area (Å²) < 4.78 is 15.3. The molecule has 2 heterocycles. The summed E-state index contributed by atoms with van der Waals surface area (Å²) in [7, 11) is 3.89. The predicted octanol–water partition coefficient (Wildman–Crippen LogP) is 3.44. The SMILES string of the molecule is CCc1cc(F)ccc1N(C)c1cc2c(cn1)ncn2C. The van der Waals surface area contributed by atoms with Gasteiger partial charge >= 0.3 is 0 Å². The van der Waals surface area contributed by atoms with E-state index in [0.29, 0.717) is 0 Å². The fourth-order valence-corrected chi connectivity index (χ4v) is 2.49. The molecule has 0 aliphatic heterocycles. The van der Waals surface area contributed by atoms with Crippen LogP contribution in [-0.4, -0.2) is 21.6 Å². The first-order valence-electron chi connectivity index (χ1n) is 6.89. The number of pyridine rings is 1. The van der Waals surface area contributed by atoms with Crippen molar-refractivity contribution in [1.82, 2.24) is 14.5 Å². The fraction of sp³-hybridized carbons (Fsp3) is 0.250. The second-order valence-electron chi connectivity index (χ2n) is 5.07. The molecule has 0 spiro atoms. The Balaban J connectivity index is 2.07. The fourth-order valence-electron chi connectivity index (χ4n) is 2.49. The molecule has 5 heteroatoms. The van der Waals surface area contributed by atoms with Crippen LogP contribution in [0.5, 0.6) is 0 Å². The number of aryl methyl sites for hydroxylation is 2. The molecule has 0 bridgehead atoms. The molecule has 0 fully saturated rings. The molecule has 0 unspecified atom stereocenters. The summed E-state index contributed by atoms with van der Waals surface area (Å²) in [5.41, 5.74) is 3.81. The van der Waals surface area contributed by atoms with E-state index in [1.807, 2.05) is 36.6 Å². The molecule has 0 atom stereocenters. The molecule has 0 saturated heterocycles. The highest BCUT2D eigenvalue weighted by molar-refractivity contribution is 5.79. The topological polar surface area (TPSA) is 34.0 Å². The van der Waals surface area contributed by atoms with Crippen molar-refractivity contribution in [3.63, 3.8) is 0 Å². The van der Waals surface area contributed by atoms with Gasteiger partial charge in [-0.1, -0.05) is 6.92 Å². The van der Waals surface area contributed by atoms with Gasteiger partial charge in [0.05, 0.1) is 18.0 Å². The Kier molecular flexibility index (Phi) is 3.33. The smallest absolute Gasteiger partial charge is 0.134 e. The molecule has 1 aromatic carbocycles. The first-order valence-corrected chi connectivity index (χ1v) is 6.89. The van der Waals surface area contributed by atoms with E-state index in [1.54, 1.807) is 24.7 Å². The number of halogens is 1. The number of imidazole rings is 1. The third-order valence-electron chi connectivity index (χ3n) is 3.72. The Morgan fingerprint density at radius 3 is 2.81 bits per heavy atom. The summed E-state index contributed by atoms with van der Waals surface area (Å²) in [6.07, 6.45) is 4.30. The van der Waals surface area contributed by atoms with Gasteiger partial charge < -0.3 is 9.47 Å². The lowest BCUT2D eigenvalue weighted by Crippen LogP contribution is -2.13. The van der Waals surface area contributed by atoms with Crippen LogP contribution in [0.2, 0.25) is 0 Å². The third kappa shape index (κ3) is 2.35. The summed E-state index contributed by atoms with van der Waals surface area (Å²) >= 11 is 0. The lowest BCUT2D eigenvalue weighted by Gasteiger charge is -2.21. The Labute approximate surface area is 122 Å². The molecule has 0 aliphatic rings. The number of nitrogens with zero attached hydrogens (tertiary/aromatic N) is 4. The summed E-state index contributed by atoms with van der Waals surface area (Å²) in [5, 5.41) is 0. The number of hydrogen-bond acceptors (Lipinski definition) is 3. The van der Waals surface area contributed by atoms with Crippen molar-refractivity contribution in [3.05, 3.63) is 48.2 Å². The highest BCUT2D eigenvalue weighted by Crippen LogP contribution is 2.28. The van der Waals surface area contributed by atoms with Crippen LogP contribution < -0.4 is 4.90 Å². The first-order chi connectivity index (χ1) is 10.1. The quantitative estimate of drug-likeness (QED) is 0.739. The van der Waals surface area contributed by atoms with Crippen LogP contribution in [0.4, 0.5) is 15.9 Å². The molecular weight excluding hydrogens is 267 g/mol. The first kappa shape index (κ1) is 13.5. The largest absolute Gasteiger partial charge is 0.334 e. The van der Waals surface area contributed by atoms with Crippen LogP contribution in [-0.2, 0) is 13.5 Å². The minimum Gasteiger partial charge on any atom is -0.334 e. The van der Waals surface area contributed by atoms with Gasteiger partial charge in [-0.15, -0.1) is 0 Å². The van der Waals surface area contributed by atoms with Crippen LogP contribution in [0.1, 0.15) is 12.5 Å². The molecule has 3 rings (SSSR count). The van der Waals surface area contributed by atoms with Crippen molar-refractivity contribution in [2.75, 3.05) is 11.9 Å². The Morgan fingerprint density at radius 2 is 2.05 bits per heavy atom. The number of rotatable bonds is 3. The number of anilines is 2. The van der Waals surface area contributed by atoms with Gasteiger partial charge in [0.1, 0.15) is 17.2 Å². The minimum absolute atomic E-state index is 0.209. The van der Waals surface area contributed by atoms with Crippen molar-refractivity contribution >= 4 is 22.5 Å². The molecule has 0 N–H and O–H groups in total. The number of benzene rings is 1. The lowest BCUT2D eigenvalue weighted by molar-refractivity contribution is 0.625. The van der Waals surface area contributed by atoms with Gasteiger partial charge in [0.25, 0.3) is 0 Å². The van der Waals surface area contributed by atoms with E-state index in [9.17, 15) is 4.39 Å². The van der Waals surface area contributed by atoms with Crippen LogP contribution in [0, 0.1) is 5.82 Å². The van der Waals surface area contributed by atoms with E-state index in [0.717, 1.165) is 34.5 Å². The van der Waals surface area contributed by atoms with E-state index in [-0.39, 0.29) is 5.82 Å². The van der Waals surface area contributed by atoms with E-state index >= 15 is 0 Å². The second-order valence-corrected chi connectivity index (χ2v) is 5.07. The van der Waals surface area contributed by atoms with Crippen molar-refractivity contribution < 1.29 is 4.39 Å². The predicted molar refractivity (Wildman–Crippen MR) is 82.4 cm³/mol. The Hall–Kier alpha value is -2.43. The van der Waals surface area contributed by atoms with Gasteiger partial charge in [0.15, 0.2) is 0 Å². The molecule has 21 heavy (non-hydrogen) atoms. The average molecular weight is 284 g/mol.